The summed E-state index contributed by atoms with van der Waals surface area (Å²) in [4.78, 5) is 0. The van der Waals surface area contributed by atoms with E-state index in [9.17, 15) is 0 Å². The molecule has 0 bridgehead atoms. The molecule has 116 valence electrons. The molecule has 0 unspecified atom stereocenters. The largest absolute Gasteiger partial charge is 2.00 e. The standard InChI is InChI=1S/C21H14.2BrH.2Mg/c1-3-7-20-14-16(9-11-18(20)5-1)13-17-10-12-19-6-2-4-8-21(19)15-17;;;;/h1-8,11-12,14-15H,13H2;2*1H;;/q-2;;;2*+2/p-2. The maximum atomic E-state index is 3.39. The maximum Gasteiger partial charge on any atom is 2.00 e. The molecule has 0 spiro atoms. The Hall–Kier alpha value is -0.108. The minimum absolute atomic E-state index is 0. The van der Waals surface area contributed by atoms with Crippen molar-refractivity contribution in [2.45, 2.75) is 6.42 Å². The third-order valence-corrected chi connectivity index (χ3v) is 3.86. The van der Waals surface area contributed by atoms with Crippen LogP contribution in [0.2, 0.25) is 0 Å². The molecule has 0 fully saturated rings. The number of benzene rings is 4. The third-order valence-electron chi connectivity index (χ3n) is 3.86. The van der Waals surface area contributed by atoms with E-state index in [2.05, 4.69) is 84.9 Å². The Morgan fingerprint density at radius 1 is 0.560 bits per heavy atom. The second-order valence-electron chi connectivity index (χ2n) is 5.35. The Kier molecular flexibility index (Phi) is 11.5. The van der Waals surface area contributed by atoms with Gasteiger partial charge in [-0.3, -0.25) is 0 Å². The van der Waals surface area contributed by atoms with Gasteiger partial charge in [0, 0.05) is 0 Å². The molecule has 0 aliphatic carbocycles. The first-order valence-corrected chi connectivity index (χ1v) is 7.17. The number of hydrogen-bond donors (Lipinski definition) is 0. The Morgan fingerprint density at radius 2 is 0.920 bits per heavy atom. The van der Waals surface area contributed by atoms with Crippen molar-refractivity contribution in [2.75, 3.05) is 0 Å². The van der Waals surface area contributed by atoms with Crippen LogP contribution in [0.5, 0.6) is 0 Å². The monoisotopic (exact) mass is 472 g/mol. The van der Waals surface area contributed by atoms with Crippen LogP contribution in [0.1, 0.15) is 11.1 Å². The van der Waals surface area contributed by atoms with Crippen molar-refractivity contribution in [1.82, 2.24) is 0 Å². The fourth-order valence-electron chi connectivity index (χ4n) is 2.76. The van der Waals surface area contributed by atoms with E-state index >= 15 is 0 Å². The second kappa shape index (κ2) is 11.6. The molecule has 0 radical (unpaired) electrons. The average Bonchev–Trinajstić information content (AvgIpc) is 2.55. The SMILES string of the molecule is [Br-].[Br-].[Mg+2].[Mg+2].[c-]1cc2ccccc2cc1Cc1[c-]cc2ccccc2c1. The summed E-state index contributed by atoms with van der Waals surface area (Å²) in [5.41, 5.74) is 2.42. The van der Waals surface area contributed by atoms with E-state index in [4.69, 9.17) is 0 Å². The molecule has 25 heavy (non-hydrogen) atoms. The van der Waals surface area contributed by atoms with E-state index in [1.165, 1.54) is 32.7 Å². The summed E-state index contributed by atoms with van der Waals surface area (Å²) in [5.74, 6) is 0. The van der Waals surface area contributed by atoms with Crippen molar-refractivity contribution in [2.24, 2.45) is 0 Å². The molecule has 4 heteroatoms. The van der Waals surface area contributed by atoms with Gasteiger partial charge >= 0.3 is 46.1 Å². The summed E-state index contributed by atoms with van der Waals surface area (Å²) < 4.78 is 0. The summed E-state index contributed by atoms with van der Waals surface area (Å²) in [6.45, 7) is 0. The van der Waals surface area contributed by atoms with Gasteiger partial charge in [0.15, 0.2) is 0 Å². The van der Waals surface area contributed by atoms with E-state index in [-0.39, 0.29) is 80.1 Å². The van der Waals surface area contributed by atoms with Gasteiger partial charge in [-0.1, -0.05) is 36.4 Å². The molecular formula is C21H14Br2Mg2. The normalized spacial score (nSPS) is 9.28. The molecule has 0 aliphatic rings. The number of halogens is 2. The van der Waals surface area contributed by atoms with Gasteiger partial charge in [-0.05, 0) is 6.42 Å². The van der Waals surface area contributed by atoms with Gasteiger partial charge in [0.2, 0.25) is 0 Å². The molecule has 0 aromatic heterocycles. The van der Waals surface area contributed by atoms with Gasteiger partial charge in [0.05, 0.1) is 0 Å². The number of hydrogen-bond acceptors (Lipinski definition) is 0. The summed E-state index contributed by atoms with van der Waals surface area (Å²) in [5, 5.41) is 5.02. The fraction of sp³-hybridized carbons (Fsp3) is 0.0476. The summed E-state index contributed by atoms with van der Waals surface area (Å²) in [6, 6.07) is 32.2. The van der Waals surface area contributed by atoms with E-state index in [0.717, 1.165) is 6.42 Å². The molecule has 4 rings (SSSR count). The molecule has 4 aromatic carbocycles. The van der Waals surface area contributed by atoms with Crippen LogP contribution in [0, 0.1) is 12.1 Å². The zero-order valence-electron chi connectivity index (χ0n) is 13.8. The predicted octanol–water partition coefficient (Wildman–Crippen LogP) is -1.57. The Morgan fingerprint density at radius 3 is 1.32 bits per heavy atom. The van der Waals surface area contributed by atoms with Crippen molar-refractivity contribution in [3.8, 4) is 0 Å². The Labute approximate surface area is 202 Å². The van der Waals surface area contributed by atoms with Gasteiger partial charge in [-0.2, -0.15) is 47.5 Å². The minimum Gasteiger partial charge on any atom is -1.00 e. The summed E-state index contributed by atoms with van der Waals surface area (Å²) >= 11 is 0. The number of fused-ring (bicyclic) bond motifs is 2. The quantitative estimate of drug-likeness (QED) is 0.243. The van der Waals surface area contributed by atoms with Crippen LogP contribution in [-0.2, 0) is 6.42 Å². The fourth-order valence-corrected chi connectivity index (χ4v) is 2.76. The molecule has 0 nitrogen and oxygen atoms in total. The summed E-state index contributed by atoms with van der Waals surface area (Å²) in [7, 11) is 0. The molecule has 0 saturated heterocycles. The van der Waals surface area contributed by atoms with E-state index in [0.29, 0.717) is 0 Å². The van der Waals surface area contributed by atoms with Gasteiger partial charge in [-0.25, -0.2) is 0 Å². The first kappa shape index (κ1) is 24.9. The maximum absolute atomic E-state index is 3.39. The molecule has 0 amide bonds. The van der Waals surface area contributed by atoms with Crippen LogP contribution in [0.15, 0.2) is 72.8 Å². The first-order valence-electron chi connectivity index (χ1n) is 7.17. The first-order chi connectivity index (χ1) is 10.4. The van der Waals surface area contributed by atoms with Crippen molar-refractivity contribution < 1.29 is 34.0 Å². The average molecular weight is 475 g/mol. The minimum atomic E-state index is 0. The molecule has 0 heterocycles. The molecule has 0 aliphatic heterocycles. The summed E-state index contributed by atoms with van der Waals surface area (Å²) in [6.07, 6.45) is 0.871. The van der Waals surface area contributed by atoms with Crippen molar-refractivity contribution in [1.29, 1.82) is 0 Å². The van der Waals surface area contributed by atoms with E-state index in [1.54, 1.807) is 0 Å². The number of rotatable bonds is 2. The van der Waals surface area contributed by atoms with Crippen LogP contribution >= 0.6 is 0 Å². The smallest absolute Gasteiger partial charge is 1.00 e. The zero-order chi connectivity index (χ0) is 14.1. The van der Waals surface area contributed by atoms with Crippen LogP contribution in [0.3, 0.4) is 0 Å². The van der Waals surface area contributed by atoms with Gasteiger partial charge in [0.25, 0.3) is 0 Å². The molecular weight excluding hydrogens is 461 g/mol. The van der Waals surface area contributed by atoms with Gasteiger partial charge in [0.1, 0.15) is 0 Å². The van der Waals surface area contributed by atoms with Crippen LogP contribution in [0.25, 0.3) is 21.5 Å². The predicted molar refractivity (Wildman–Crippen MR) is 99.9 cm³/mol. The Bertz CT molecular complexity index is 861. The molecule has 4 aromatic rings. The van der Waals surface area contributed by atoms with Crippen molar-refractivity contribution in [3.05, 3.63) is 96.1 Å². The van der Waals surface area contributed by atoms with Gasteiger partial charge in [-0.15, -0.1) is 33.7 Å². The topological polar surface area (TPSA) is 0 Å². The zero-order valence-corrected chi connectivity index (χ0v) is 19.8. The second-order valence-corrected chi connectivity index (χ2v) is 5.35. The third kappa shape index (κ3) is 5.94. The van der Waals surface area contributed by atoms with Crippen molar-refractivity contribution >= 4 is 67.7 Å². The molecule has 0 N–H and O–H groups in total. The van der Waals surface area contributed by atoms with E-state index in [1.807, 2.05) is 0 Å². The van der Waals surface area contributed by atoms with Crippen LogP contribution in [-0.4, -0.2) is 46.1 Å². The molecule has 0 saturated carbocycles. The van der Waals surface area contributed by atoms with Crippen molar-refractivity contribution in [3.63, 3.8) is 0 Å². The molecule has 0 atom stereocenters. The van der Waals surface area contributed by atoms with E-state index < -0.39 is 0 Å². The van der Waals surface area contributed by atoms with Gasteiger partial charge < -0.3 is 34.0 Å². The Balaban J connectivity index is 0.00000144. The van der Waals surface area contributed by atoms with Crippen LogP contribution < -0.4 is 34.0 Å². The van der Waals surface area contributed by atoms with Crippen LogP contribution in [0.4, 0.5) is 0 Å².